The predicted molar refractivity (Wildman–Crippen MR) is 126 cm³/mol. The molecule has 0 unspecified atom stereocenters. The van der Waals surface area contributed by atoms with Crippen molar-refractivity contribution in [1.82, 2.24) is 4.90 Å². The molecule has 2 fully saturated rings. The van der Waals surface area contributed by atoms with E-state index in [9.17, 15) is 23.2 Å². The van der Waals surface area contributed by atoms with Gasteiger partial charge in [-0.2, -0.15) is 0 Å². The van der Waals surface area contributed by atoms with Crippen LogP contribution in [0.15, 0.2) is 42.5 Å². The average Bonchev–Trinajstić information content (AvgIpc) is 3.31. The van der Waals surface area contributed by atoms with Gasteiger partial charge in [-0.1, -0.05) is 30.3 Å². The molecule has 1 heterocycles. The number of carboxylic acids is 1. The fourth-order valence-corrected chi connectivity index (χ4v) is 5.31. The summed E-state index contributed by atoms with van der Waals surface area (Å²) in [5, 5.41) is 11.4. The number of aromatic carboxylic acids is 1. The highest BCUT2D eigenvalue weighted by Gasteiger charge is 2.44. The molecule has 1 saturated carbocycles. The molecule has 0 aromatic heterocycles. The molecular weight excluding hydrogens is 456 g/mol. The van der Waals surface area contributed by atoms with Gasteiger partial charge in [-0.15, -0.1) is 0 Å². The quantitative estimate of drug-likeness (QED) is 0.577. The minimum Gasteiger partial charge on any atom is -0.478 e. The molecular formula is C26H29F2N3O4. The number of rotatable bonds is 6. The van der Waals surface area contributed by atoms with Gasteiger partial charge < -0.3 is 21.1 Å². The number of amides is 2. The summed E-state index contributed by atoms with van der Waals surface area (Å²) in [7, 11) is 0. The van der Waals surface area contributed by atoms with Crippen LogP contribution in [0.5, 0.6) is 0 Å². The molecule has 1 saturated heterocycles. The van der Waals surface area contributed by atoms with E-state index in [1.165, 1.54) is 0 Å². The number of nitrogens with two attached hydrogens (primary N) is 1. The van der Waals surface area contributed by atoms with Gasteiger partial charge in [0.15, 0.2) is 0 Å². The maximum absolute atomic E-state index is 14.5. The van der Waals surface area contributed by atoms with Crippen molar-refractivity contribution in [2.75, 3.05) is 18.4 Å². The standard InChI is InChI=1S/C26H29F2N3O4/c27-20-13-22(21(28)12-19(20)26(34)35)30-24(32)23-18(16-4-2-1-3-5-16)10-11-31(23)25(33)17-8-6-15(14-29)7-9-17/h1-5,12-13,15,17-18,23H,6-11,14,29H2,(H,30,32)(H,34,35)/t15-,17-,18-,23+/m1/s1. The highest BCUT2D eigenvalue weighted by Crippen LogP contribution is 2.38. The van der Waals surface area contributed by atoms with Gasteiger partial charge in [-0.3, -0.25) is 9.59 Å². The Morgan fingerprint density at radius 2 is 1.69 bits per heavy atom. The predicted octanol–water partition coefficient (Wildman–Crippen LogP) is 3.75. The SMILES string of the molecule is NC[C@H]1CC[C@H](C(=O)N2CC[C@H](c3ccccc3)[C@H]2C(=O)Nc2cc(F)c(C(=O)O)cc2F)CC1. The molecule has 4 N–H and O–H groups in total. The monoisotopic (exact) mass is 485 g/mol. The van der Waals surface area contributed by atoms with Gasteiger partial charge in [-0.05, 0) is 56.2 Å². The molecule has 0 radical (unpaired) electrons. The lowest BCUT2D eigenvalue weighted by Gasteiger charge is -2.33. The lowest BCUT2D eigenvalue weighted by Crippen LogP contribution is -2.48. The molecule has 9 heteroatoms. The van der Waals surface area contributed by atoms with Gasteiger partial charge >= 0.3 is 5.97 Å². The second kappa shape index (κ2) is 10.5. The number of benzene rings is 2. The summed E-state index contributed by atoms with van der Waals surface area (Å²) in [6.45, 7) is 0.969. The molecule has 2 aliphatic rings. The highest BCUT2D eigenvalue weighted by atomic mass is 19.1. The zero-order chi connectivity index (χ0) is 25.1. The summed E-state index contributed by atoms with van der Waals surface area (Å²) >= 11 is 0. The van der Waals surface area contributed by atoms with E-state index < -0.39 is 40.8 Å². The lowest BCUT2D eigenvalue weighted by molar-refractivity contribution is -0.141. The van der Waals surface area contributed by atoms with Crippen LogP contribution in [0.4, 0.5) is 14.5 Å². The van der Waals surface area contributed by atoms with E-state index in [1.807, 2.05) is 30.3 Å². The number of halogens is 2. The third-order valence-corrected chi connectivity index (χ3v) is 7.25. The first kappa shape index (κ1) is 24.8. The maximum Gasteiger partial charge on any atom is 0.338 e. The van der Waals surface area contributed by atoms with Gasteiger partial charge in [0, 0.05) is 24.4 Å². The van der Waals surface area contributed by atoms with E-state index in [-0.39, 0.29) is 17.7 Å². The third-order valence-electron chi connectivity index (χ3n) is 7.25. The van der Waals surface area contributed by atoms with E-state index >= 15 is 0 Å². The molecule has 7 nitrogen and oxygen atoms in total. The number of anilines is 1. The van der Waals surface area contributed by atoms with Crippen molar-refractivity contribution >= 4 is 23.5 Å². The molecule has 2 amide bonds. The first-order chi connectivity index (χ1) is 16.8. The Morgan fingerprint density at radius 3 is 2.31 bits per heavy atom. The highest BCUT2D eigenvalue weighted by molar-refractivity contribution is 5.99. The minimum absolute atomic E-state index is 0.105. The third kappa shape index (κ3) is 5.19. The van der Waals surface area contributed by atoms with Crippen LogP contribution in [0.1, 0.15) is 53.9 Å². The van der Waals surface area contributed by atoms with Gasteiger partial charge in [0.05, 0.1) is 11.3 Å². The zero-order valence-electron chi connectivity index (χ0n) is 19.3. The van der Waals surface area contributed by atoms with Gasteiger partial charge in [0.25, 0.3) is 0 Å². The van der Waals surface area contributed by atoms with E-state index in [4.69, 9.17) is 10.8 Å². The van der Waals surface area contributed by atoms with E-state index in [2.05, 4.69) is 5.32 Å². The number of carbonyl (C=O) groups is 3. The Morgan fingerprint density at radius 1 is 1.00 bits per heavy atom. The summed E-state index contributed by atoms with van der Waals surface area (Å²) in [5.74, 6) is -4.69. The van der Waals surface area contributed by atoms with Crippen LogP contribution in [0.3, 0.4) is 0 Å². The maximum atomic E-state index is 14.5. The summed E-state index contributed by atoms with van der Waals surface area (Å²) in [5.41, 5.74) is 5.36. The Balaban J connectivity index is 1.60. The van der Waals surface area contributed by atoms with Crippen LogP contribution in [0.2, 0.25) is 0 Å². The molecule has 2 aromatic carbocycles. The Hall–Kier alpha value is -3.33. The number of nitrogens with zero attached hydrogens (tertiary/aromatic N) is 1. The molecule has 186 valence electrons. The number of carbonyl (C=O) groups excluding carboxylic acids is 2. The molecule has 1 aliphatic heterocycles. The number of hydrogen-bond donors (Lipinski definition) is 3. The molecule has 4 rings (SSSR count). The average molecular weight is 486 g/mol. The molecule has 35 heavy (non-hydrogen) atoms. The van der Waals surface area contributed by atoms with Crippen molar-refractivity contribution in [3.8, 4) is 0 Å². The topological polar surface area (TPSA) is 113 Å². The van der Waals surface area contributed by atoms with Gasteiger partial charge in [-0.25, -0.2) is 13.6 Å². The fraction of sp³-hybridized carbons (Fsp3) is 0.423. The molecule has 2 aromatic rings. The number of carboxylic acid groups (broad SMARTS) is 1. The summed E-state index contributed by atoms with van der Waals surface area (Å²) in [6, 6.07) is 9.61. The minimum atomic E-state index is -1.61. The fourth-order valence-electron chi connectivity index (χ4n) is 5.31. The van der Waals surface area contributed by atoms with E-state index in [0.29, 0.717) is 50.4 Å². The largest absolute Gasteiger partial charge is 0.478 e. The second-order valence-electron chi connectivity index (χ2n) is 9.34. The summed E-state index contributed by atoms with van der Waals surface area (Å²) in [6.07, 6.45) is 3.69. The Bertz CT molecular complexity index is 1100. The smallest absolute Gasteiger partial charge is 0.338 e. The second-order valence-corrected chi connectivity index (χ2v) is 9.34. The first-order valence-electron chi connectivity index (χ1n) is 11.9. The van der Waals surface area contributed by atoms with E-state index in [1.54, 1.807) is 4.90 Å². The van der Waals surface area contributed by atoms with Crippen molar-refractivity contribution in [3.63, 3.8) is 0 Å². The van der Waals surface area contributed by atoms with E-state index in [0.717, 1.165) is 18.4 Å². The zero-order valence-corrected chi connectivity index (χ0v) is 19.3. The Labute approximate surface area is 202 Å². The van der Waals surface area contributed by atoms with Crippen LogP contribution >= 0.6 is 0 Å². The summed E-state index contributed by atoms with van der Waals surface area (Å²) < 4.78 is 28.7. The first-order valence-corrected chi connectivity index (χ1v) is 11.9. The van der Waals surface area contributed by atoms with Crippen LogP contribution in [-0.4, -0.2) is 46.9 Å². The van der Waals surface area contributed by atoms with Crippen LogP contribution in [-0.2, 0) is 9.59 Å². The van der Waals surface area contributed by atoms with Crippen molar-refractivity contribution in [2.45, 2.75) is 44.1 Å². The normalized spacial score (nSPS) is 24.3. The lowest BCUT2D eigenvalue weighted by atomic mass is 9.81. The Kier molecular flexibility index (Phi) is 7.45. The van der Waals surface area contributed by atoms with Crippen molar-refractivity contribution < 1.29 is 28.3 Å². The van der Waals surface area contributed by atoms with Crippen molar-refractivity contribution in [1.29, 1.82) is 0 Å². The number of hydrogen-bond acceptors (Lipinski definition) is 4. The number of nitrogens with one attached hydrogen (secondary N) is 1. The summed E-state index contributed by atoms with van der Waals surface area (Å²) in [4.78, 5) is 39.6. The molecule has 0 bridgehead atoms. The molecule has 0 spiro atoms. The van der Waals surface area contributed by atoms with Crippen LogP contribution < -0.4 is 11.1 Å². The van der Waals surface area contributed by atoms with Gasteiger partial charge in [0.2, 0.25) is 11.8 Å². The van der Waals surface area contributed by atoms with Crippen molar-refractivity contribution in [3.05, 3.63) is 65.2 Å². The number of likely N-dealkylation sites (tertiary alicyclic amines) is 1. The molecule has 2 atom stereocenters. The van der Waals surface area contributed by atoms with Crippen LogP contribution in [0.25, 0.3) is 0 Å². The van der Waals surface area contributed by atoms with Gasteiger partial charge in [0.1, 0.15) is 17.7 Å². The van der Waals surface area contributed by atoms with Crippen LogP contribution in [0, 0.1) is 23.5 Å². The molecule has 1 aliphatic carbocycles. The van der Waals surface area contributed by atoms with Crippen molar-refractivity contribution in [2.24, 2.45) is 17.6 Å².